The summed E-state index contributed by atoms with van der Waals surface area (Å²) in [6.45, 7) is 10.9. The molecular formula is C13H28N2O2S. The van der Waals surface area contributed by atoms with E-state index in [0.717, 1.165) is 19.5 Å². The first kappa shape index (κ1) is 15.9. The van der Waals surface area contributed by atoms with Crippen LogP contribution in [0.25, 0.3) is 0 Å². The maximum Gasteiger partial charge on any atom is 0.151 e. The van der Waals surface area contributed by atoms with Gasteiger partial charge in [0.2, 0.25) is 0 Å². The molecule has 1 fully saturated rings. The molecule has 1 rings (SSSR count). The molecule has 18 heavy (non-hydrogen) atoms. The third-order valence-corrected chi connectivity index (χ3v) is 5.87. The average Bonchev–Trinajstić information content (AvgIpc) is 2.37. The summed E-state index contributed by atoms with van der Waals surface area (Å²) < 4.78 is 23.2. The van der Waals surface area contributed by atoms with Crippen molar-refractivity contribution in [2.75, 3.05) is 31.1 Å². The van der Waals surface area contributed by atoms with Gasteiger partial charge in [0, 0.05) is 37.5 Å². The third kappa shape index (κ3) is 4.52. The van der Waals surface area contributed by atoms with Crippen molar-refractivity contribution in [2.45, 2.75) is 46.2 Å². The molecule has 1 N–H and O–H groups in total. The summed E-state index contributed by atoms with van der Waals surface area (Å²) in [6.07, 6.45) is 1.16. The number of rotatable bonds is 6. The van der Waals surface area contributed by atoms with Crippen LogP contribution in [0.4, 0.5) is 0 Å². The lowest BCUT2D eigenvalue weighted by Gasteiger charge is -2.41. The molecule has 1 heterocycles. The Kier molecular flexibility index (Phi) is 6.08. The molecule has 4 nitrogen and oxygen atoms in total. The molecule has 1 aliphatic heterocycles. The Balaban J connectivity index is 2.52. The summed E-state index contributed by atoms with van der Waals surface area (Å²) in [7, 11) is -2.85. The standard InChI is InChI=1S/C13H28N2O2S/c1-5-11(3)13-10-15(12(4)9-14-13)7-8-18(16,17)6-2/h11-14H,5-10H2,1-4H3. The molecule has 1 aliphatic rings. The molecule has 0 aromatic carbocycles. The molecule has 3 unspecified atom stereocenters. The Morgan fingerprint density at radius 1 is 1.39 bits per heavy atom. The predicted octanol–water partition coefficient (Wildman–Crippen LogP) is 1.13. The largest absolute Gasteiger partial charge is 0.311 e. The lowest BCUT2D eigenvalue weighted by molar-refractivity contribution is 0.125. The fraction of sp³-hybridized carbons (Fsp3) is 1.00. The highest BCUT2D eigenvalue weighted by Gasteiger charge is 2.28. The zero-order valence-corrected chi connectivity index (χ0v) is 13.0. The molecule has 0 amide bonds. The van der Waals surface area contributed by atoms with Crippen LogP contribution in [-0.4, -0.2) is 56.5 Å². The normalized spacial score (nSPS) is 28.2. The molecule has 0 aliphatic carbocycles. The van der Waals surface area contributed by atoms with Crippen LogP contribution in [-0.2, 0) is 9.84 Å². The number of sulfone groups is 1. The lowest BCUT2D eigenvalue weighted by atomic mass is 9.96. The van der Waals surface area contributed by atoms with Crippen LogP contribution in [0.2, 0.25) is 0 Å². The van der Waals surface area contributed by atoms with Crippen LogP contribution in [0.3, 0.4) is 0 Å². The number of nitrogens with zero attached hydrogens (tertiary/aromatic N) is 1. The Morgan fingerprint density at radius 2 is 2.06 bits per heavy atom. The van der Waals surface area contributed by atoms with Crippen LogP contribution < -0.4 is 5.32 Å². The predicted molar refractivity (Wildman–Crippen MR) is 76.6 cm³/mol. The SMILES string of the molecule is CCC(C)C1CN(CCS(=O)(=O)CC)C(C)CN1. The second-order valence-corrected chi connectivity index (χ2v) is 7.95. The van der Waals surface area contributed by atoms with E-state index < -0.39 is 9.84 Å². The van der Waals surface area contributed by atoms with Gasteiger partial charge in [0.15, 0.2) is 9.84 Å². The zero-order valence-electron chi connectivity index (χ0n) is 12.1. The zero-order chi connectivity index (χ0) is 13.8. The second kappa shape index (κ2) is 6.87. The molecular weight excluding hydrogens is 248 g/mol. The molecule has 0 radical (unpaired) electrons. The molecule has 5 heteroatoms. The average molecular weight is 276 g/mol. The Bertz CT molecular complexity index is 343. The van der Waals surface area contributed by atoms with Crippen molar-refractivity contribution in [3.8, 4) is 0 Å². The quantitative estimate of drug-likeness (QED) is 0.790. The van der Waals surface area contributed by atoms with E-state index >= 15 is 0 Å². The fourth-order valence-corrected chi connectivity index (χ4v) is 3.13. The number of nitrogens with one attached hydrogen (secondary N) is 1. The van der Waals surface area contributed by atoms with E-state index in [2.05, 4.69) is 31.0 Å². The first-order chi connectivity index (χ1) is 8.39. The fourth-order valence-electron chi connectivity index (χ4n) is 2.33. The first-order valence-corrected chi connectivity index (χ1v) is 8.89. The van der Waals surface area contributed by atoms with E-state index in [1.165, 1.54) is 0 Å². The highest BCUT2D eigenvalue weighted by atomic mass is 32.2. The number of hydrogen-bond acceptors (Lipinski definition) is 4. The van der Waals surface area contributed by atoms with E-state index in [9.17, 15) is 8.42 Å². The van der Waals surface area contributed by atoms with Crippen LogP contribution in [0.1, 0.15) is 34.1 Å². The van der Waals surface area contributed by atoms with Crippen molar-refractivity contribution in [1.82, 2.24) is 10.2 Å². The number of hydrogen-bond donors (Lipinski definition) is 1. The van der Waals surface area contributed by atoms with Crippen molar-refractivity contribution in [3.05, 3.63) is 0 Å². The third-order valence-electron chi connectivity index (χ3n) is 4.19. The van der Waals surface area contributed by atoms with Gasteiger partial charge in [0.25, 0.3) is 0 Å². The maximum atomic E-state index is 11.6. The van der Waals surface area contributed by atoms with Crippen molar-refractivity contribution >= 4 is 9.84 Å². The van der Waals surface area contributed by atoms with E-state index in [-0.39, 0.29) is 5.75 Å². The van der Waals surface area contributed by atoms with Gasteiger partial charge >= 0.3 is 0 Å². The second-order valence-electron chi connectivity index (χ2n) is 5.48. The first-order valence-electron chi connectivity index (χ1n) is 7.07. The molecule has 1 saturated heterocycles. The van der Waals surface area contributed by atoms with Gasteiger partial charge in [-0.1, -0.05) is 27.2 Å². The molecule has 0 aromatic rings. The van der Waals surface area contributed by atoms with E-state index in [1.54, 1.807) is 6.92 Å². The number of piperazine rings is 1. The smallest absolute Gasteiger partial charge is 0.151 e. The minimum atomic E-state index is -2.85. The van der Waals surface area contributed by atoms with E-state index in [4.69, 9.17) is 0 Å². The monoisotopic (exact) mass is 276 g/mol. The van der Waals surface area contributed by atoms with Gasteiger partial charge < -0.3 is 5.32 Å². The summed E-state index contributed by atoms with van der Waals surface area (Å²) in [6, 6.07) is 0.924. The summed E-state index contributed by atoms with van der Waals surface area (Å²) in [4.78, 5) is 2.32. The molecule has 3 atom stereocenters. The highest BCUT2D eigenvalue weighted by molar-refractivity contribution is 7.91. The van der Waals surface area contributed by atoms with Gasteiger partial charge in [0.1, 0.15) is 0 Å². The molecule has 0 bridgehead atoms. The van der Waals surface area contributed by atoms with Crippen LogP contribution in [0, 0.1) is 5.92 Å². The summed E-state index contributed by atoms with van der Waals surface area (Å²) in [5, 5.41) is 3.57. The van der Waals surface area contributed by atoms with Gasteiger partial charge in [-0.05, 0) is 12.8 Å². The topological polar surface area (TPSA) is 49.4 Å². The van der Waals surface area contributed by atoms with Gasteiger partial charge in [-0.3, -0.25) is 4.90 Å². The summed E-state index contributed by atoms with van der Waals surface area (Å²) in [5.41, 5.74) is 0. The van der Waals surface area contributed by atoms with Crippen molar-refractivity contribution < 1.29 is 8.42 Å². The van der Waals surface area contributed by atoms with Gasteiger partial charge in [-0.15, -0.1) is 0 Å². The minimum Gasteiger partial charge on any atom is -0.311 e. The Labute approximate surface area is 112 Å². The van der Waals surface area contributed by atoms with E-state index in [0.29, 0.717) is 30.3 Å². The van der Waals surface area contributed by atoms with Crippen LogP contribution in [0.5, 0.6) is 0 Å². The molecule has 108 valence electrons. The van der Waals surface area contributed by atoms with Crippen LogP contribution >= 0.6 is 0 Å². The molecule has 0 spiro atoms. The van der Waals surface area contributed by atoms with Crippen molar-refractivity contribution in [3.63, 3.8) is 0 Å². The molecule has 0 aromatic heterocycles. The van der Waals surface area contributed by atoms with Gasteiger partial charge in [-0.25, -0.2) is 8.42 Å². The van der Waals surface area contributed by atoms with Gasteiger partial charge in [0.05, 0.1) is 5.75 Å². The molecule has 0 saturated carbocycles. The summed E-state index contributed by atoms with van der Waals surface area (Å²) >= 11 is 0. The highest BCUT2D eigenvalue weighted by Crippen LogP contribution is 2.15. The summed E-state index contributed by atoms with van der Waals surface area (Å²) in [5.74, 6) is 1.19. The Morgan fingerprint density at radius 3 is 2.61 bits per heavy atom. The van der Waals surface area contributed by atoms with Crippen LogP contribution in [0.15, 0.2) is 0 Å². The maximum absolute atomic E-state index is 11.6. The van der Waals surface area contributed by atoms with E-state index in [1.807, 2.05) is 0 Å². The minimum absolute atomic E-state index is 0.252. The van der Waals surface area contributed by atoms with Crippen molar-refractivity contribution in [1.29, 1.82) is 0 Å². The van der Waals surface area contributed by atoms with Crippen molar-refractivity contribution in [2.24, 2.45) is 5.92 Å². The van der Waals surface area contributed by atoms with Gasteiger partial charge in [-0.2, -0.15) is 0 Å². The lowest BCUT2D eigenvalue weighted by Crippen LogP contribution is -2.58. The Hall–Kier alpha value is -0.130.